The molecule has 3 rings (SSSR count). The van der Waals surface area contributed by atoms with Gasteiger partial charge in [-0.3, -0.25) is 9.59 Å². The van der Waals surface area contributed by atoms with Gasteiger partial charge in [-0.25, -0.2) is 0 Å². The molecule has 0 bridgehead atoms. The molecule has 32 heavy (non-hydrogen) atoms. The Bertz CT molecular complexity index is 1050. The number of nitrogens with zero attached hydrogens (tertiary/aromatic N) is 1. The monoisotopic (exact) mass is 458 g/mol. The molecule has 2 amide bonds. The van der Waals surface area contributed by atoms with Gasteiger partial charge >= 0.3 is 12.4 Å². The van der Waals surface area contributed by atoms with Crippen molar-refractivity contribution in [2.24, 2.45) is 0 Å². The van der Waals surface area contributed by atoms with Crippen molar-refractivity contribution >= 4 is 23.2 Å². The maximum absolute atomic E-state index is 13.0. The van der Waals surface area contributed by atoms with E-state index in [2.05, 4.69) is 11.9 Å². The number of carbonyl (C=O) groups is 2. The minimum absolute atomic E-state index is 0.0414. The first-order chi connectivity index (χ1) is 14.8. The van der Waals surface area contributed by atoms with Gasteiger partial charge in [-0.15, -0.1) is 6.58 Å². The number of fused-ring (bicyclic) bond motifs is 1. The van der Waals surface area contributed by atoms with Gasteiger partial charge in [0.1, 0.15) is 5.75 Å². The summed E-state index contributed by atoms with van der Waals surface area (Å²) in [7, 11) is 0. The number of carbonyl (C=O) groups excluding carboxylic acids is 2. The Morgan fingerprint density at radius 2 is 1.69 bits per heavy atom. The second-order valence-electron chi connectivity index (χ2n) is 6.93. The van der Waals surface area contributed by atoms with Crippen LogP contribution in [0.25, 0.3) is 0 Å². The van der Waals surface area contributed by atoms with Gasteiger partial charge < -0.3 is 15.0 Å². The summed E-state index contributed by atoms with van der Waals surface area (Å²) in [6, 6.07) is 4.72. The Morgan fingerprint density at radius 3 is 2.22 bits per heavy atom. The topological polar surface area (TPSA) is 58.6 Å². The first kappa shape index (κ1) is 23.2. The SMILES string of the molecule is C=CCN1C(=O)C(C)Oc2ccc(NC(=O)c3cc(C(F)(F)F)cc(C(F)(F)F)c3)cc21. The number of halogens is 6. The van der Waals surface area contributed by atoms with Crippen molar-refractivity contribution in [1.29, 1.82) is 0 Å². The van der Waals surface area contributed by atoms with Gasteiger partial charge in [-0.1, -0.05) is 6.08 Å². The summed E-state index contributed by atoms with van der Waals surface area (Å²) in [5.74, 6) is -1.25. The van der Waals surface area contributed by atoms with Gasteiger partial charge in [0, 0.05) is 17.8 Å². The summed E-state index contributed by atoms with van der Waals surface area (Å²) in [6.07, 6.45) is -9.47. The number of ether oxygens (including phenoxy) is 1. The fraction of sp³-hybridized carbons (Fsp3) is 0.238. The number of alkyl halides is 6. The van der Waals surface area contributed by atoms with E-state index in [1.54, 1.807) is 6.92 Å². The van der Waals surface area contributed by atoms with Crippen LogP contribution in [0.2, 0.25) is 0 Å². The van der Waals surface area contributed by atoms with Crippen LogP contribution in [0.3, 0.4) is 0 Å². The van der Waals surface area contributed by atoms with E-state index in [1.807, 2.05) is 0 Å². The third kappa shape index (κ3) is 4.71. The minimum atomic E-state index is -5.08. The van der Waals surface area contributed by atoms with Crippen molar-refractivity contribution in [2.45, 2.75) is 25.4 Å². The molecule has 5 nitrogen and oxygen atoms in total. The highest BCUT2D eigenvalue weighted by Crippen LogP contribution is 2.38. The molecular formula is C21H16F6N2O3. The van der Waals surface area contributed by atoms with Crippen molar-refractivity contribution in [3.05, 3.63) is 65.7 Å². The van der Waals surface area contributed by atoms with Gasteiger partial charge in [0.25, 0.3) is 11.8 Å². The van der Waals surface area contributed by atoms with E-state index in [0.717, 1.165) is 0 Å². The van der Waals surface area contributed by atoms with E-state index in [1.165, 1.54) is 29.2 Å². The van der Waals surface area contributed by atoms with E-state index < -0.39 is 41.1 Å². The molecular weight excluding hydrogens is 442 g/mol. The molecule has 0 saturated heterocycles. The molecule has 0 fully saturated rings. The Morgan fingerprint density at radius 1 is 1.09 bits per heavy atom. The van der Waals surface area contributed by atoms with Crippen molar-refractivity contribution in [3.8, 4) is 5.75 Å². The summed E-state index contributed by atoms with van der Waals surface area (Å²) in [6.45, 7) is 5.23. The average molecular weight is 458 g/mol. The molecule has 0 aromatic heterocycles. The molecule has 1 aliphatic heterocycles. The summed E-state index contributed by atoms with van der Waals surface area (Å²) in [5.41, 5.74) is -3.72. The standard InChI is InChI=1S/C21H16F6N2O3/c1-3-6-29-16-10-15(4-5-17(16)32-11(2)19(29)31)28-18(30)12-7-13(20(22,23)24)9-14(8-12)21(25,26)27/h3-5,7-11H,1,6H2,2H3,(H,28,30). The maximum Gasteiger partial charge on any atom is 0.416 e. The Labute approximate surface area is 178 Å². The highest BCUT2D eigenvalue weighted by Gasteiger charge is 2.37. The molecule has 0 spiro atoms. The van der Waals surface area contributed by atoms with Crippen molar-refractivity contribution in [2.75, 3.05) is 16.8 Å². The second kappa shape index (κ2) is 8.21. The number of rotatable bonds is 4. The first-order valence-corrected chi connectivity index (χ1v) is 9.15. The fourth-order valence-corrected chi connectivity index (χ4v) is 3.09. The Kier molecular flexibility index (Phi) is 5.94. The number of benzene rings is 2. The molecule has 1 unspecified atom stereocenters. The van der Waals surface area contributed by atoms with Crippen LogP contribution in [0, 0.1) is 0 Å². The van der Waals surface area contributed by atoms with Gasteiger partial charge in [0.2, 0.25) is 0 Å². The van der Waals surface area contributed by atoms with Crippen LogP contribution in [0.15, 0.2) is 49.1 Å². The van der Waals surface area contributed by atoms with Crippen LogP contribution in [0.5, 0.6) is 5.75 Å². The number of amides is 2. The second-order valence-corrected chi connectivity index (χ2v) is 6.93. The van der Waals surface area contributed by atoms with Crippen LogP contribution >= 0.6 is 0 Å². The highest BCUT2D eigenvalue weighted by atomic mass is 19.4. The van der Waals surface area contributed by atoms with E-state index >= 15 is 0 Å². The molecule has 0 aliphatic carbocycles. The van der Waals surface area contributed by atoms with Crippen LogP contribution < -0.4 is 15.0 Å². The molecule has 1 atom stereocenters. The molecule has 0 saturated carbocycles. The number of hydrogen-bond donors (Lipinski definition) is 1. The lowest BCUT2D eigenvalue weighted by Crippen LogP contribution is -2.44. The molecule has 11 heteroatoms. The lowest BCUT2D eigenvalue weighted by molar-refractivity contribution is -0.143. The third-order valence-electron chi connectivity index (χ3n) is 4.59. The number of anilines is 2. The van der Waals surface area contributed by atoms with E-state index in [9.17, 15) is 35.9 Å². The van der Waals surface area contributed by atoms with Crippen LogP contribution in [-0.4, -0.2) is 24.5 Å². The minimum Gasteiger partial charge on any atom is -0.479 e. The lowest BCUT2D eigenvalue weighted by atomic mass is 10.0. The van der Waals surface area contributed by atoms with Crippen LogP contribution in [-0.2, 0) is 17.1 Å². The fourth-order valence-electron chi connectivity index (χ4n) is 3.09. The van der Waals surface area contributed by atoms with Gasteiger partial charge in [0.05, 0.1) is 16.8 Å². The molecule has 1 aliphatic rings. The quantitative estimate of drug-likeness (QED) is 0.501. The van der Waals surface area contributed by atoms with Gasteiger partial charge in [0.15, 0.2) is 6.10 Å². The van der Waals surface area contributed by atoms with Crippen molar-refractivity contribution in [1.82, 2.24) is 0 Å². The molecule has 0 radical (unpaired) electrons. The summed E-state index contributed by atoms with van der Waals surface area (Å²) < 4.78 is 83.7. The van der Waals surface area contributed by atoms with E-state index in [4.69, 9.17) is 4.74 Å². The molecule has 170 valence electrons. The first-order valence-electron chi connectivity index (χ1n) is 9.15. The number of nitrogens with one attached hydrogen (secondary N) is 1. The summed E-state index contributed by atoms with van der Waals surface area (Å²) in [4.78, 5) is 26.2. The predicted octanol–water partition coefficient (Wildman–Crippen LogP) is 5.28. The van der Waals surface area contributed by atoms with Gasteiger partial charge in [-0.2, -0.15) is 26.3 Å². The zero-order chi connectivity index (χ0) is 23.8. The molecule has 2 aromatic carbocycles. The zero-order valence-electron chi connectivity index (χ0n) is 16.5. The summed E-state index contributed by atoms with van der Waals surface area (Å²) in [5, 5.41) is 2.26. The Hall–Kier alpha value is -3.50. The van der Waals surface area contributed by atoms with E-state index in [-0.39, 0.29) is 29.9 Å². The molecule has 1 N–H and O–H groups in total. The number of hydrogen-bond acceptors (Lipinski definition) is 3. The maximum atomic E-state index is 13.0. The average Bonchev–Trinajstić information content (AvgIpc) is 2.70. The highest BCUT2D eigenvalue weighted by molar-refractivity contribution is 6.06. The van der Waals surface area contributed by atoms with Gasteiger partial charge in [-0.05, 0) is 43.3 Å². The van der Waals surface area contributed by atoms with Crippen molar-refractivity contribution < 1.29 is 40.7 Å². The third-order valence-corrected chi connectivity index (χ3v) is 4.59. The zero-order valence-corrected chi connectivity index (χ0v) is 16.5. The van der Waals surface area contributed by atoms with Crippen LogP contribution in [0.1, 0.15) is 28.4 Å². The lowest BCUT2D eigenvalue weighted by Gasteiger charge is -2.32. The normalized spacial score (nSPS) is 16.3. The predicted molar refractivity (Wildman–Crippen MR) is 103 cm³/mol. The Balaban J connectivity index is 1.96. The largest absolute Gasteiger partial charge is 0.479 e. The summed E-state index contributed by atoms with van der Waals surface area (Å²) >= 11 is 0. The van der Waals surface area contributed by atoms with Crippen molar-refractivity contribution in [3.63, 3.8) is 0 Å². The van der Waals surface area contributed by atoms with E-state index in [0.29, 0.717) is 17.9 Å². The smallest absolute Gasteiger partial charge is 0.416 e. The van der Waals surface area contributed by atoms with Crippen LogP contribution in [0.4, 0.5) is 37.7 Å². The molecule has 2 aromatic rings. The molecule has 1 heterocycles.